The largest absolute Gasteiger partial charge is 0.434 e. The number of imidazole rings is 1. The highest BCUT2D eigenvalue weighted by Gasteiger charge is 2.08. The van der Waals surface area contributed by atoms with Crippen molar-refractivity contribution in [1.29, 1.82) is 0 Å². The van der Waals surface area contributed by atoms with Crippen molar-refractivity contribution < 1.29 is 4.74 Å². The molecule has 3 rings (SSSR count). The normalized spacial score (nSPS) is 10.7. The highest BCUT2D eigenvalue weighted by Crippen LogP contribution is 2.23. The molecule has 0 unspecified atom stereocenters. The second-order valence-corrected chi connectivity index (χ2v) is 3.87. The third-order valence-electron chi connectivity index (χ3n) is 2.46. The predicted octanol–water partition coefficient (Wildman–Crippen LogP) is 1.81. The Morgan fingerprint density at radius 1 is 1.28 bits per heavy atom. The molecule has 0 aliphatic heterocycles. The molecule has 0 bridgehead atoms. The average molecular weight is 241 g/mol. The summed E-state index contributed by atoms with van der Waals surface area (Å²) in [5.74, 6) is 1.34. The van der Waals surface area contributed by atoms with Crippen LogP contribution in [0.3, 0.4) is 0 Å². The zero-order chi connectivity index (χ0) is 12.5. The van der Waals surface area contributed by atoms with E-state index in [-0.39, 0.29) is 0 Å². The van der Waals surface area contributed by atoms with Crippen molar-refractivity contribution in [1.82, 2.24) is 19.4 Å². The van der Waals surface area contributed by atoms with E-state index in [1.54, 1.807) is 29.2 Å². The third kappa shape index (κ3) is 1.84. The van der Waals surface area contributed by atoms with Crippen molar-refractivity contribution in [2.75, 3.05) is 5.73 Å². The van der Waals surface area contributed by atoms with Crippen molar-refractivity contribution in [3.63, 3.8) is 0 Å². The van der Waals surface area contributed by atoms with E-state index in [9.17, 15) is 0 Å². The molecule has 0 amide bonds. The summed E-state index contributed by atoms with van der Waals surface area (Å²) < 4.78 is 7.41. The summed E-state index contributed by atoms with van der Waals surface area (Å²) in [5, 5.41) is 0. The van der Waals surface area contributed by atoms with E-state index >= 15 is 0 Å². The fourth-order valence-electron chi connectivity index (χ4n) is 1.62. The Bertz CT molecular complexity index is 689. The number of nitrogen functional groups attached to an aromatic ring is 1. The SMILES string of the molecule is Cc1ccc(Oc2nc(N)cn3ccnc23)cn1. The minimum Gasteiger partial charge on any atom is -0.434 e. The van der Waals surface area contributed by atoms with E-state index in [0.717, 1.165) is 5.69 Å². The fourth-order valence-corrected chi connectivity index (χ4v) is 1.62. The summed E-state index contributed by atoms with van der Waals surface area (Å²) in [6, 6.07) is 3.69. The van der Waals surface area contributed by atoms with E-state index < -0.39 is 0 Å². The Labute approximate surface area is 103 Å². The number of anilines is 1. The Morgan fingerprint density at radius 3 is 2.94 bits per heavy atom. The van der Waals surface area contributed by atoms with Crippen LogP contribution in [0.5, 0.6) is 11.6 Å². The van der Waals surface area contributed by atoms with Gasteiger partial charge in [0.1, 0.15) is 11.6 Å². The van der Waals surface area contributed by atoms with Gasteiger partial charge >= 0.3 is 0 Å². The quantitative estimate of drug-likeness (QED) is 0.740. The maximum Gasteiger partial charge on any atom is 0.265 e. The fraction of sp³-hybridized carbons (Fsp3) is 0.0833. The van der Waals surface area contributed by atoms with Crippen LogP contribution in [0.4, 0.5) is 5.82 Å². The number of nitrogens with two attached hydrogens (primary N) is 1. The lowest BCUT2D eigenvalue weighted by Gasteiger charge is -2.06. The van der Waals surface area contributed by atoms with Crippen molar-refractivity contribution in [3.05, 3.63) is 42.6 Å². The molecule has 0 saturated heterocycles. The Balaban J connectivity index is 2.03. The molecular formula is C12H11N5O. The van der Waals surface area contributed by atoms with Crippen LogP contribution in [0.25, 0.3) is 5.65 Å². The van der Waals surface area contributed by atoms with Crippen LogP contribution >= 0.6 is 0 Å². The first-order chi connectivity index (χ1) is 8.72. The van der Waals surface area contributed by atoms with E-state index in [1.807, 2.05) is 19.1 Å². The van der Waals surface area contributed by atoms with Gasteiger partial charge in [-0.25, -0.2) is 4.98 Å². The molecule has 90 valence electrons. The molecule has 2 N–H and O–H groups in total. The summed E-state index contributed by atoms with van der Waals surface area (Å²) in [4.78, 5) is 12.5. The molecule has 6 nitrogen and oxygen atoms in total. The summed E-state index contributed by atoms with van der Waals surface area (Å²) in [6.45, 7) is 1.91. The Hall–Kier alpha value is -2.63. The molecule has 0 fully saturated rings. The number of aryl methyl sites for hydroxylation is 1. The highest BCUT2D eigenvalue weighted by atomic mass is 16.5. The molecule has 0 aromatic carbocycles. The minimum absolute atomic E-state index is 0.366. The molecule has 0 aliphatic carbocycles. The first kappa shape index (κ1) is 10.5. The summed E-state index contributed by atoms with van der Waals surface area (Å²) >= 11 is 0. The standard InChI is InChI=1S/C12H11N5O/c1-8-2-3-9(6-15-8)18-12-11-14-4-5-17(11)7-10(13)16-12/h2-7H,13H2,1H3. The van der Waals surface area contributed by atoms with Crippen molar-refractivity contribution in [2.45, 2.75) is 6.92 Å². The van der Waals surface area contributed by atoms with Gasteiger partial charge in [0, 0.05) is 18.1 Å². The van der Waals surface area contributed by atoms with Crippen LogP contribution in [0, 0.1) is 6.92 Å². The van der Waals surface area contributed by atoms with Gasteiger partial charge in [-0.05, 0) is 19.1 Å². The molecule has 0 aliphatic rings. The number of pyridine rings is 1. The van der Waals surface area contributed by atoms with Gasteiger partial charge in [0.2, 0.25) is 5.65 Å². The second-order valence-electron chi connectivity index (χ2n) is 3.87. The van der Waals surface area contributed by atoms with Crippen LogP contribution in [0.15, 0.2) is 36.9 Å². The van der Waals surface area contributed by atoms with E-state index in [2.05, 4.69) is 15.0 Å². The summed E-state index contributed by atoms with van der Waals surface area (Å²) in [5.41, 5.74) is 7.25. The molecule has 0 saturated carbocycles. The molecule has 0 atom stereocenters. The Kier molecular flexibility index (Phi) is 2.33. The lowest BCUT2D eigenvalue weighted by atomic mass is 10.4. The molecule has 0 spiro atoms. The number of ether oxygens (including phenoxy) is 1. The van der Waals surface area contributed by atoms with Gasteiger partial charge in [0.25, 0.3) is 5.88 Å². The van der Waals surface area contributed by atoms with Gasteiger partial charge < -0.3 is 10.5 Å². The first-order valence-corrected chi connectivity index (χ1v) is 5.42. The van der Waals surface area contributed by atoms with Gasteiger partial charge in [-0.3, -0.25) is 9.38 Å². The predicted molar refractivity (Wildman–Crippen MR) is 66.4 cm³/mol. The van der Waals surface area contributed by atoms with E-state index in [0.29, 0.717) is 23.1 Å². The number of fused-ring (bicyclic) bond motifs is 1. The summed E-state index contributed by atoms with van der Waals surface area (Å²) in [6.07, 6.45) is 6.77. The lowest BCUT2D eigenvalue weighted by Crippen LogP contribution is -1.99. The second kappa shape index (κ2) is 3.99. The third-order valence-corrected chi connectivity index (χ3v) is 2.46. The van der Waals surface area contributed by atoms with Gasteiger partial charge in [-0.15, -0.1) is 0 Å². The average Bonchev–Trinajstić information content (AvgIpc) is 2.80. The zero-order valence-corrected chi connectivity index (χ0v) is 9.74. The smallest absolute Gasteiger partial charge is 0.265 e. The number of hydrogen-bond donors (Lipinski definition) is 1. The Morgan fingerprint density at radius 2 is 2.17 bits per heavy atom. The van der Waals surface area contributed by atoms with Crippen LogP contribution in [0.2, 0.25) is 0 Å². The van der Waals surface area contributed by atoms with Gasteiger partial charge in [-0.2, -0.15) is 4.98 Å². The first-order valence-electron chi connectivity index (χ1n) is 5.42. The molecule has 6 heteroatoms. The number of aromatic nitrogens is 4. The molecular weight excluding hydrogens is 230 g/mol. The van der Waals surface area contributed by atoms with Crippen LogP contribution in [-0.4, -0.2) is 19.4 Å². The van der Waals surface area contributed by atoms with Gasteiger partial charge in [0.05, 0.1) is 12.4 Å². The maximum atomic E-state index is 5.71. The molecule has 0 radical (unpaired) electrons. The van der Waals surface area contributed by atoms with Crippen LogP contribution in [-0.2, 0) is 0 Å². The van der Waals surface area contributed by atoms with Crippen LogP contribution in [0.1, 0.15) is 5.69 Å². The minimum atomic E-state index is 0.366. The number of nitrogens with zero attached hydrogens (tertiary/aromatic N) is 4. The number of hydrogen-bond acceptors (Lipinski definition) is 5. The monoisotopic (exact) mass is 241 g/mol. The number of rotatable bonds is 2. The van der Waals surface area contributed by atoms with Crippen LogP contribution < -0.4 is 10.5 Å². The zero-order valence-electron chi connectivity index (χ0n) is 9.74. The van der Waals surface area contributed by atoms with Crippen molar-refractivity contribution >= 4 is 11.5 Å². The van der Waals surface area contributed by atoms with E-state index in [1.165, 1.54) is 0 Å². The highest BCUT2D eigenvalue weighted by molar-refractivity contribution is 5.53. The van der Waals surface area contributed by atoms with Gasteiger partial charge in [0.15, 0.2) is 0 Å². The molecule has 3 aromatic rings. The molecule has 3 aromatic heterocycles. The van der Waals surface area contributed by atoms with E-state index in [4.69, 9.17) is 10.5 Å². The maximum absolute atomic E-state index is 5.71. The topological polar surface area (TPSA) is 78.3 Å². The molecule has 18 heavy (non-hydrogen) atoms. The van der Waals surface area contributed by atoms with Crippen molar-refractivity contribution in [2.24, 2.45) is 0 Å². The molecule has 3 heterocycles. The summed E-state index contributed by atoms with van der Waals surface area (Å²) in [7, 11) is 0. The lowest BCUT2D eigenvalue weighted by molar-refractivity contribution is 0.463. The van der Waals surface area contributed by atoms with Crippen molar-refractivity contribution in [3.8, 4) is 11.6 Å². The van der Waals surface area contributed by atoms with Gasteiger partial charge in [-0.1, -0.05) is 0 Å².